The molecule has 112 valence electrons. The maximum Gasteiger partial charge on any atom is 0.252 e. The molecule has 0 aromatic carbocycles. The Morgan fingerprint density at radius 1 is 1.52 bits per heavy atom. The van der Waals surface area contributed by atoms with Crippen molar-refractivity contribution in [3.05, 3.63) is 24.3 Å². The molecule has 0 saturated carbocycles. The number of nitrogens with two attached hydrogens (primary N) is 1. The van der Waals surface area contributed by atoms with Gasteiger partial charge in [0.25, 0.3) is 5.78 Å². The average molecular weight is 288 g/mol. The quantitative estimate of drug-likeness (QED) is 0.874. The molecule has 1 saturated heterocycles. The third kappa shape index (κ3) is 2.87. The van der Waals surface area contributed by atoms with Crippen LogP contribution in [-0.2, 0) is 11.2 Å². The smallest absolute Gasteiger partial charge is 0.252 e. The van der Waals surface area contributed by atoms with Gasteiger partial charge in [-0.2, -0.15) is 4.98 Å². The van der Waals surface area contributed by atoms with Crippen molar-refractivity contribution in [2.45, 2.75) is 32.2 Å². The van der Waals surface area contributed by atoms with Crippen molar-refractivity contribution in [1.82, 2.24) is 24.5 Å². The summed E-state index contributed by atoms with van der Waals surface area (Å²) < 4.78 is 1.58. The van der Waals surface area contributed by atoms with Gasteiger partial charge in [0.2, 0.25) is 5.91 Å². The van der Waals surface area contributed by atoms with Gasteiger partial charge in [-0.25, -0.2) is 9.50 Å². The molecule has 0 radical (unpaired) electrons. The number of nitrogens with zero attached hydrogens (tertiary/aromatic N) is 5. The van der Waals surface area contributed by atoms with Crippen LogP contribution in [0.2, 0.25) is 0 Å². The van der Waals surface area contributed by atoms with Crippen LogP contribution in [0.25, 0.3) is 5.78 Å². The van der Waals surface area contributed by atoms with Crippen LogP contribution in [0, 0.1) is 5.92 Å². The van der Waals surface area contributed by atoms with Gasteiger partial charge < -0.3 is 10.6 Å². The van der Waals surface area contributed by atoms with Crippen molar-refractivity contribution in [2.75, 3.05) is 13.1 Å². The molecule has 1 aliphatic heterocycles. The standard InChI is InChI=1S/C14H20N6O/c1-10-3-6-19(11(7-10)9-15)13(21)8-12-17-14-16-4-2-5-20(14)18-12/h2,4-5,10-11H,3,6-9,15H2,1H3. The molecule has 3 rings (SSSR count). The number of hydrogen-bond acceptors (Lipinski definition) is 5. The molecule has 0 aliphatic carbocycles. The lowest BCUT2D eigenvalue weighted by Crippen LogP contribution is -2.49. The van der Waals surface area contributed by atoms with Gasteiger partial charge in [-0.1, -0.05) is 6.92 Å². The van der Waals surface area contributed by atoms with E-state index in [0.29, 0.717) is 24.1 Å². The Kier molecular flexibility index (Phi) is 3.83. The number of rotatable bonds is 3. The van der Waals surface area contributed by atoms with E-state index in [1.807, 2.05) is 4.90 Å². The van der Waals surface area contributed by atoms with Crippen molar-refractivity contribution in [1.29, 1.82) is 0 Å². The Morgan fingerprint density at radius 2 is 2.38 bits per heavy atom. The Morgan fingerprint density at radius 3 is 3.14 bits per heavy atom. The van der Waals surface area contributed by atoms with Crippen LogP contribution in [0.4, 0.5) is 0 Å². The van der Waals surface area contributed by atoms with Crippen LogP contribution in [0.5, 0.6) is 0 Å². The normalized spacial score (nSPS) is 22.7. The topological polar surface area (TPSA) is 89.4 Å². The molecule has 1 fully saturated rings. The number of aromatic nitrogens is 4. The highest BCUT2D eigenvalue weighted by Gasteiger charge is 2.29. The molecular formula is C14H20N6O. The molecule has 7 heteroatoms. The zero-order valence-corrected chi connectivity index (χ0v) is 12.1. The van der Waals surface area contributed by atoms with Crippen molar-refractivity contribution < 1.29 is 4.79 Å². The van der Waals surface area contributed by atoms with Crippen molar-refractivity contribution in [2.24, 2.45) is 11.7 Å². The van der Waals surface area contributed by atoms with Crippen LogP contribution in [0.3, 0.4) is 0 Å². The number of carbonyl (C=O) groups is 1. The molecule has 2 atom stereocenters. The lowest BCUT2D eigenvalue weighted by molar-refractivity contribution is -0.134. The lowest BCUT2D eigenvalue weighted by Gasteiger charge is -2.37. The third-order valence-electron chi connectivity index (χ3n) is 4.04. The van der Waals surface area contributed by atoms with Gasteiger partial charge in [0.05, 0.1) is 6.42 Å². The van der Waals surface area contributed by atoms with Gasteiger partial charge in [-0.3, -0.25) is 4.79 Å². The zero-order chi connectivity index (χ0) is 14.8. The van der Waals surface area contributed by atoms with E-state index in [1.165, 1.54) is 0 Å². The molecule has 2 aromatic rings. The summed E-state index contributed by atoms with van der Waals surface area (Å²) in [5, 5.41) is 4.28. The van der Waals surface area contributed by atoms with Crippen molar-refractivity contribution >= 4 is 11.7 Å². The van der Waals surface area contributed by atoms with E-state index in [0.717, 1.165) is 19.4 Å². The van der Waals surface area contributed by atoms with E-state index in [2.05, 4.69) is 22.0 Å². The number of carbonyl (C=O) groups excluding carboxylic acids is 1. The number of piperidine rings is 1. The highest BCUT2D eigenvalue weighted by atomic mass is 16.2. The molecule has 0 bridgehead atoms. The minimum Gasteiger partial charge on any atom is -0.338 e. The summed E-state index contributed by atoms with van der Waals surface area (Å²) in [4.78, 5) is 22.8. The Labute approximate surface area is 123 Å². The fourth-order valence-corrected chi connectivity index (χ4v) is 2.89. The van der Waals surface area contributed by atoms with Crippen molar-refractivity contribution in [3.8, 4) is 0 Å². The maximum atomic E-state index is 12.5. The second-order valence-electron chi connectivity index (χ2n) is 5.68. The van der Waals surface area contributed by atoms with E-state index in [9.17, 15) is 4.79 Å². The van der Waals surface area contributed by atoms with Gasteiger partial charge in [0, 0.05) is 31.5 Å². The van der Waals surface area contributed by atoms with E-state index < -0.39 is 0 Å². The van der Waals surface area contributed by atoms with Crippen LogP contribution in [-0.4, -0.2) is 49.5 Å². The summed E-state index contributed by atoms with van der Waals surface area (Å²) >= 11 is 0. The number of amides is 1. The number of fused-ring (bicyclic) bond motifs is 1. The van der Waals surface area contributed by atoms with Gasteiger partial charge >= 0.3 is 0 Å². The Hall–Kier alpha value is -2.02. The molecule has 2 unspecified atom stereocenters. The molecule has 7 nitrogen and oxygen atoms in total. The monoisotopic (exact) mass is 288 g/mol. The minimum atomic E-state index is 0.0493. The summed E-state index contributed by atoms with van der Waals surface area (Å²) in [5.41, 5.74) is 5.81. The highest BCUT2D eigenvalue weighted by Crippen LogP contribution is 2.22. The predicted molar refractivity (Wildman–Crippen MR) is 77.4 cm³/mol. The highest BCUT2D eigenvalue weighted by molar-refractivity contribution is 5.78. The van der Waals surface area contributed by atoms with Crippen LogP contribution >= 0.6 is 0 Å². The summed E-state index contributed by atoms with van der Waals surface area (Å²) in [6.07, 6.45) is 5.64. The van der Waals surface area contributed by atoms with Gasteiger partial charge in [-0.15, -0.1) is 5.10 Å². The average Bonchev–Trinajstić information content (AvgIpc) is 2.88. The molecule has 0 spiro atoms. The van der Waals surface area contributed by atoms with Gasteiger partial charge in [0.1, 0.15) is 0 Å². The molecule has 21 heavy (non-hydrogen) atoms. The fourth-order valence-electron chi connectivity index (χ4n) is 2.89. The summed E-state index contributed by atoms with van der Waals surface area (Å²) in [6.45, 7) is 3.49. The zero-order valence-electron chi connectivity index (χ0n) is 12.1. The number of likely N-dealkylation sites (tertiary alicyclic amines) is 1. The summed E-state index contributed by atoms with van der Waals surface area (Å²) in [6, 6.07) is 1.92. The first kappa shape index (κ1) is 13.9. The van der Waals surface area contributed by atoms with Gasteiger partial charge in [0.15, 0.2) is 5.82 Å². The van der Waals surface area contributed by atoms with E-state index >= 15 is 0 Å². The van der Waals surface area contributed by atoms with E-state index in [1.54, 1.807) is 23.0 Å². The molecule has 2 aromatic heterocycles. The second kappa shape index (κ2) is 5.77. The predicted octanol–water partition coefficient (Wildman–Crippen LogP) is 0.253. The fraction of sp³-hybridized carbons (Fsp3) is 0.571. The van der Waals surface area contributed by atoms with Crippen molar-refractivity contribution in [3.63, 3.8) is 0 Å². The SMILES string of the molecule is CC1CCN(C(=O)Cc2nc3ncccn3n2)C(CN)C1. The van der Waals surface area contributed by atoms with E-state index in [4.69, 9.17) is 5.73 Å². The first-order chi connectivity index (χ1) is 10.2. The third-order valence-corrected chi connectivity index (χ3v) is 4.04. The number of hydrogen-bond donors (Lipinski definition) is 1. The molecule has 3 heterocycles. The van der Waals surface area contributed by atoms with Crippen LogP contribution < -0.4 is 5.73 Å². The molecular weight excluding hydrogens is 268 g/mol. The first-order valence-corrected chi connectivity index (χ1v) is 7.33. The lowest BCUT2D eigenvalue weighted by atomic mass is 9.92. The molecule has 2 N–H and O–H groups in total. The van der Waals surface area contributed by atoms with Crippen LogP contribution in [0.1, 0.15) is 25.6 Å². The maximum absolute atomic E-state index is 12.5. The molecule has 1 amide bonds. The minimum absolute atomic E-state index is 0.0493. The second-order valence-corrected chi connectivity index (χ2v) is 5.68. The Bertz CT molecular complexity index is 606. The van der Waals surface area contributed by atoms with E-state index in [-0.39, 0.29) is 18.4 Å². The van der Waals surface area contributed by atoms with Gasteiger partial charge in [-0.05, 0) is 24.8 Å². The largest absolute Gasteiger partial charge is 0.338 e. The summed E-state index contributed by atoms with van der Waals surface area (Å²) in [7, 11) is 0. The molecule has 1 aliphatic rings. The Balaban J connectivity index is 1.73. The van der Waals surface area contributed by atoms with Crippen LogP contribution in [0.15, 0.2) is 18.5 Å². The summed E-state index contributed by atoms with van der Waals surface area (Å²) in [5.74, 6) is 1.70. The first-order valence-electron chi connectivity index (χ1n) is 7.33.